The minimum absolute atomic E-state index is 0.110. The number of cyclic esters (lactones) is 1. The molecule has 13 nitrogen and oxygen atoms in total. The van der Waals surface area contributed by atoms with Gasteiger partial charge in [0.2, 0.25) is 0 Å². The van der Waals surface area contributed by atoms with Crippen LogP contribution in [0.4, 0.5) is 0 Å². The highest BCUT2D eigenvalue weighted by molar-refractivity contribution is 5.91. The molecule has 0 saturated carbocycles. The first-order valence-corrected chi connectivity index (χ1v) is 17.7. The number of likely N-dealkylation sites (N-methyl/N-ethyl adjacent to an activating group) is 1. The summed E-state index contributed by atoms with van der Waals surface area (Å²) in [5.74, 6) is -1.66. The van der Waals surface area contributed by atoms with Gasteiger partial charge in [-0.15, -0.1) is 0 Å². The van der Waals surface area contributed by atoms with Crippen LogP contribution in [0.5, 0.6) is 0 Å². The van der Waals surface area contributed by atoms with E-state index in [4.69, 9.17) is 33.2 Å². The molecular formula is C37H61NO12. The zero-order valence-corrected chi connectivity index (χ0v) is 31.3. The van der Waals surface area contributed by atoms with Crippen molar-refractivity contribution in [2.75, 3.05) is 34.9 Å². The molecule has 0 aromatic rings. The van der Waals surface area contributed by atoms with Gasteiger partial charge in [-0.05, 0) is 65.3 Å². The Morgan fingerprint density at radius 1 is 0.900 bits per heavy atom. The Morgan fingerprint density at radius 2 is 1.58 bits per heavy atom. The number of methoxy groups -OCH3 is 2. The maximum absolute atomic E-state index is 13.3. The number of hydrogen-bond donors (Lipinski definition) is 3. The third-order valence-corrected chi connectivity index (χ3v) is 10.1. The van der Waals surface area contributed by atoms with Crippen LogP contribution in [-0.2, 0) is 42.7 Å². The number of ketones is 1. The minimum atomic E-state index is -1.85. The predicted octanol–water partition coefficient (Wildman–Crippen LogP) is 2.55. The molecule has 0 radical (unpaired) electrons. The second-order valence-corrected chi connectivity index (χ2v) is 14.4. The van der Waals surface area contributed by atoms with Crippen LogP contribution < -0.4 is 0 Å². The third kappa shape index (κ3) is 10.8. The van der Waals surface area contributed by atoms with E-state index in [1.54, 1.807) is 19.9 Å². The molecule has 0 aromatic carbocycles. The molecule has 50 heavy (non-hydrogen) atoms. The lowest BCUT2D eigenvalue weighted by Crippen LogP contribution is -2.59. The van der Waals surface area contributed by atoms with Crippen molar-refractivity contribution in [3.63, 3.8) is 0 Å². The van der Waals surface area contributed by atoms with Crippen molar-refractivity contribution in [1.29, 1.82) is 0 Å². The van der Waals surface area contributed by atoms with Gasteiger partial charge < -0.3 is 53.4 Å². The van der Waals surface area contributed by atoms with Gasteiger partial charge in [-0.1, -0.05) is 45.9 Å². The lowest BCUT2D eigenvalue weighted by atomic mass is 9.84. The average molecular weight is 712 g/mol. The van der Waals surface area contributed by atoms with Gasteiger partial charge in [0.15, 0.2) is 18.4 Å². The molecule has 0 bridgehead atoms. The van der Waals surface area contributed by atoms with Gasteiger partial charge in [-0.25, -0.2) is 4.79 Å². The van der Waals surface area contributed by atoms with Gasteiger partial charge in [0.25, 0.3) is 0 Å². The zero-order valence-electron chi connectivity index (χ0n) is 31.3. The average Bonchev–Trinajstić information content (AvgIpc) is 3.07. The number of carbonyl (C=O) groups is 2. The number of esters is 1. The molecule has 3 rings (SSSR count). The van der Waals surface area contributed by atoms with Crippen molar-refractivity contribution in [3.05, 3.63) is 36.5 Å². The van der Waals surface area contributed by atoms with E-state index in [0.29, 0.717) is 12.8 Å². The fourth-order valence-corrected chi connectivity index (χ4v) is 7.09. The molecule has 0 amide bonds. The second-order valence-electron chi connectivity index (χ2n) is 14.4. The highest BCUT2D eigenvalue weighted by Crippen LogP contribution is 2.32. The van der Waals surface area contributed by atoms with Crippen molar-refractivity contribution in [2.45, 2.75) is 134 Å². The summed E-state index contributed by atoms with van der Waals surface area (Å²) in [6, 6.07) is -0.167. The van der Waals surface area contributed by atoms with E-state index in [1.807, 2.05) is 46.7 Å². The van der Waals surface area contributed by atoms with Crippen LogP contribution in [0.1, 0.15) is 60.8 Å². The Balaban J connectivity index is 1.90. The van der Waals surface area contributed by atoms with Gasteiger partial charge in [0.05, 0.1) is 24.9 Å². The van der Waals surface area contributed by atoms with Crippen LogP contribution in [0.15, 0.2) is 36.5 Å². The zero-order chi connectivity index (χ0) is 37.3. The Morgan fingerprint density at radius 3 is 2.20 bits per heavy atom. The molecule has 2 saturated heterocycles. The van der Waals surface area contributed by atoms with Gasteiger partial charge in [0.1, 0.15) is 36.1 Å². The smallest absolute Gasteiger partial charge is 0.330 e. The summed E-state index contributed by atoms with van der Waals surface area (Å²) in [6.45, 7) is 10.7. The van der Waals surface area contributed by atoms with Crippen LogP contribution >= 0.6 is 0 Å². The maximum Gasteiger partial charge on any atom is 0.330 e. The number of ether oxygens (including phenoxy) is 7. The van der Waals surface area contributed by atoms with Crippen molar-refractivity contribution in [1.82, 2.24) is 4.90 Å². The molecule has 3 N–H and O–H groups in total. The molecule has 0 spiro atoms. The van der Waals surface area contributed by atoms with E-state index >= 15 is 0 Å². The fourth-order valence-electron chi connectivity index (χ4n) is 7.09. The Bertz CT molecular complexity index is 1180. The quantitative estimate of drug-likeness (QED) is 0.300. The number of allylic oxidation sites excluding steroid dienone is 3. The molecule has 3 aliphatic rings. The molecule has 15 atom stereocenters. The van der Waals surface area contributed by atoms with Crippen LogP contribution in [0.25, 0.3) is 0 Å². The summed E-state index contributed by atoms with van der Waals surface area (Å²) in [6.07, 6.45) is 2.53. The van der Waals surface area contributed by atoms with Crippen molar-refractivity contribution < 1.29 is 58.1 Å². The molecule has 286 valence electrons. The molecule has 3 heterocycles. The summed E-state index contributed by atoms with van der Waals surface area (Å²) in [7, 11) is 6.70. The van der Waals surface area contributed by atoms with Gasteiger partial charge in [-0.3, -0.25) is 4.79 Å². The van der Waals surface area contributed by atoms with Gasteiger partial charge in [0, 0.05) is 38.2 Å². The van der Waals surface area contributed by atoms with E-state index in [1.165, 1.54) is 44.6 Å². The van der Waals surface area contributed by atoms with E-state index in [-0.39, 0.29) is 48.7 Å². The molecule has 0 aliphatic carbocycles. The molecule has 3 aliphatic heterocycles. The lowest BCUT2D eigenvalue weighted by Gasteiger charge is -2.43. The second kappa shape index (κ2) is 19.2. The largest absolute Gasteiger partial charge is 0.456 e. The Kier molecular flexibility index (Phi) is 16.2. The third-order valence-electron chi connectivity index (χ3n) is 10.1. The van der Waals surface area contributed by atoms with Crippen molar-refractivity contribution >= 4 is 11.8 Å². The van der Waals surface area contributed by atoms with E-state index in [9.17, 15) is 24.9 Å². The molecule has 2 fully saturated rings. The SMILES string of the molecule is CCC1OC(=O)/C=C/[C@H](C)C(O[C@@H]2O[C@H](C)C[C@H](N(C)C)[C@H]2O)[C@@H](C)C[C@@H](C)C(=O)/C=C/C=C\[C@]1(O)CO[C@@H]1O[C@H](C)[C@@H](O)[C@@H](OC)[C@H]1OC. The normalized spacial score (nSPS) is 44.4. The first kappa shape index (κ1) is 42.4. The number of rotatable bonds is 9. The highest BCUT2D eigenvalue weighted by Gasteiger charge is 2.47. The maximum atomic E-state index is 13.3. The number of aliphatic hydroxyl groups is 3. The summed E-state index contributed by atoms with van der Waals surface area (Å²) in [4.78, 5) is 28.5. The highest BCUT2D eigenvalue weighted by atomic mass is 16.7. The van der Waals surface area contributed by atoms with E-state index in [2.05, 4.69) is 0 Å². The minimum Gasteiger partial charge on any atom is -0.456 e. The van der Waals surface area contributed by atoms with Gasteiger partial charge >= 0.3 is 5.97 Å². The monoisotopic (exact) mass is 711 g/mol. The molecule has 0 aromatic heterocycles. The predicted molar refractivity (Wildman–Crippen MR) is 185 cm³/mol. The van der Waals surface area contributed by atoms with Crippen molar-refractivity contribution in [2.24, 2.45) is 17.8 Å². The molecule has 2 unspecified atom stereocenters. The first-order valence-electron chi connectivity index (χ1n) is 17.7. The standard InChI is InChI=1S/C37H61NO12/c1-11-28-37(43,20-46-36-34(45-10)33(44-9)30(41)25(6)48-36)17-13-12-14-27(39)22(3)18-23(4)32(21(2)15-16-29(40)49-28)50-35-31(42)26(38(7)8)19-24(5)47-35/h12-17,21-26,28,30-36,41-43H,11,18-20H2,1-10H3/b14-12+,16-15+,17-13-/t21-,22+,23-,24+,25+,26-,28?,30+,31+,32?,33+,34+,35-,36+,37-/m0/s1. The number of aliphatic hydroxyl groups excluding tert-OH is 2. The number of hydrogen-bond acceptors (Lipinski definition) is 13. The Hall–Kier alpha value is -2.04. The van der Waals surface area contributed by atoms with Crippen LogP contribution in [0, 0.1) is 17.8 Å². The summed E-state index contributed by atoms with van der Waals surface area (Å²) < 4.78 is 41.3. The van der Waals surface area contributed by atoms with E-state index < -0.39 is 66.9 Å². The van der Waals surface area contributed by atoms with Crippen LogP contribution in [0.3, 0.4) is 0 Å². The fraction of sp³-hybridized carbons (Fsp3) is 0.784. The van der Waals surface area contributed by atoms with Crippen LogP contribution in [-0.4, -0.2) is 140 Å². The topological polar surface area (TPSA) is 163 Å². The van der Waals surface area contributed by atoms with E-state index in [0.717, 1.165) is 0 Å². The number of carbonyl (C=O) groups excluding carboxylic acids is 2. The molecular weight excluding hydrogens is 650 g/mol. The number of nitrogens with zero attached hydrogens (tertiary/aromatic N) is 1. The summed E-state index contributed by atoms with van der Waals surface area (Å²) in [5.41, 5.74) is -1.85. The Labute approximate surface area is 297 Å². The van der Waals surface area contributed by atoms with Crippen LogP contribution in [0.2, 0.25) is 0 Å². The van der Waals surface area contributed by atoms with Crippen molar-refractivity contribution in [3.8, 4) is 0 Å². The molecule has 13 heteroatoms. The first-order chi connectivity index (χ1) is 23.6. The lowest BCUT2D eigenvalue weighted by molar-refractivity contribution is -0.310. The van der Waals surface area contributed by atoms with Gasteiger partial charge in [-0.2, -0.15) is 0 Å². The summed E-state index contributed by atoms with van der Waals surface area (Å²) >= 11 is 0. The summed E-state index contributed by atoms with van der Waals surface area (Å²) in [5, 5.41) is 33.7.